The number of hydrogen-bond donors (Lipinski definition) is 1. The number of carbonyl (C=O) groups is 1. The zero-order valence-corrected chi connectivity index (χ0v) is 15.1. The Kier molecular flexibility index (Phi) is 8.30. The topological polar surface area (TPSA) is 56.8 Å². The average molecular weight is 420 g/mol. The summed E-state index contributed by atoms with van der Waals surface area (Å²) in [6.45, 7) is -0.881. The maximum Gasteiger partial charge on any atom is 0.387 e. The van der Waals surface area contributed by atoms with Gasteiger partial charge in [-0.25, -0.2) is 0 Å². The minimum atomic E-state index is -2.93. The van der Waals surface area contributed by atoms with Crippen molar-refractivity contribution in [2.75, 3.05) is 26.4 Å². The first kappa shape index (κ1) is 19.8. The summed E-state index contributed by atoms with van der Waals surface area (Å²) < 4.78 is 40.8. The van der Waals surface area contributed by atoms with Crippen molar-refractivity contribution in [3.8, 4) is 5.75 Å². The van der Waals surface area contributed by atoms with Crippen LogP contribution in [0.15, 0.2) is 28.7 Å². The van der Waals surface area contributed by atoms with Crippen molar-refractivity contribution in [3.05, 3.63) is 34.3 Å². The summed E-state index contributed by atoms with van der Waals surface area (Å²) in [5, 5.41) is 2.66. The standard InChI is InChI=1S/C17H20BrF2NO4/c18-13-4-5-15(25-17(19)20)12(10-13)3-6-16(22)21-7-9-23-11-14-2-1-8-24-14/h3-6,10,14,17H,1-2,7-9,11H2,(H,21,22)/b6-3+. The van der Waals surface area contributed by atoms with Crippen LogP contribution in [-0.4, -0.2) is 45.0 Å². The van der Waals surface area contributed by atoms with E-state index in [9.17, 15) is 13.6 Å². The minimum absolute atomic E-state index is 0.00199. The van der Waals surface area contributed by atoms with Gasteiger partial charge in [0.15, 0.2) is 0 Å². The van der Waals surface area contributed by atoms with Gasteiger partial charge in [0.25, 0.3) is 0 Å². The van der Waals surface area contributed by atoms with E-state index in [0.29, 0.717) is 29.8 Å². The molecule has 0 radical (unpaired) electrons. The smallest absolute Gasteiger partial charge is 0.387 e. The second kappa shape index (κ2) is 10.5. The molecular formula is C17H20BrF2NO4. The summed E-state index contributed by atoms with van der Waals surface area (Å²) in [5.41, 5.74) is 0.374. The summed E-state index contributed by atoms with van der Waals surface area (Å²) >= 11 is 3.25. The van der Waals surface area contributed by atoms with E-state index in [-0.39, 0.29) is 17.8 Å². The van der Waals surface area contributed by atoms with E-state index in [1.807, 2.05) is 0 Å². The number of nitrogens with one attached hydrogen (secondary N) is 1. The largest absolute Gasteiger partial charge is 0.434 e. The average Bonchev–Trinajstić information content (AvgIpc) is 3.07. The number of hydrogen-bond acceptors (Lipinski definition) is 4. The summed E-state index contributed by atoms with van der Waals surface area (Å²) in [7, 11) is 0. The lowest BCUT2D eigenvalue weighted by atomic mass is 10.2. The first-order chi connectivity index (χ1) is 12.0. The Morgan fingerprint density at radius 1 is 1.48 bits per heavy atom. The molecule has 1 unspecified atom stereocenters. The molecule has 1 aliphatic rings. The number of alkyl halides is 2. The minimum Gasteiger partial charge on any atom is -0.434 e. The summed E-state index contributed by atoms with van der Waals surface area (Å²) in [6.07, 6.45) is 4.90. The molecule has 0 bridgehead atoms. The summed E-state index contributed by atoms with van der Waals surface area (Å²) in [4.78, 5) is 11.8. The number of halogens is 3. The lowest BCUT2D eigenvalue weighted by molar-refractivity contribution is -0.116. The number of rotatable bonds is 9. The van der Waals surface area contributed by atoms with Crippen LogP contribution in [0, 0.1) is 0 Å². The molecule has 1 aliphatic heterocycles. The predicted molar refractivity (Wildman–Crippen MR) is 92.6 cm³/mol. The van der Waals surface area contributed by atoms with Crippen LogP contribution in [0.4, 0.5) is 8.78 Å². The van der Waals surface area contributed by atoms with Crippen LogP contribution in [0.3, 0.4) is 0 Å². The maximum absolute atomic E-state index is 12.4. The molecular weight excluding hydrogens is 400 g/mol. The molecule has 8 heteroatoms. The van der Waals surface area contributed by atoms with Gasteiger partial charge in [-0.1, -0.05) is 15.9 Å². The highest BCUT2D eigenvalue weighted by molar-refractivity contribution is 9.10. The van der Waals surface area contributed by atoms with Crippen LogP contribution in [0.2, 0.25) is 0 Å². The van der Waals surface area contributed by atoms with Gasteiger partial charge in [-0.3, -0.25) is 4.79 Å². The van der Waals surface area contributed by atoms with Crippen molar-refractivity contribution in [1.29, 1.82) is 0 Å². The zero-order valence-electron chi connectivity index (χ0n) is 13.6. The Morgan fingerprint density at radius 3 is 3.04 bits per heavy atom. The van der Waals surface area contributed by atoms with Crippen molar-refractivity contribution in [1.82, 2.24) is 5.32 Å². The Hall–Kier alpha value is -1.51. The molecule has 5 nitrogen and oxygen atoms in total. The van der Waals surface area contributed by atoms with E-state index in [2.05, 4.69) is 26.0 Å². The molecule has 1 atom stereocenters. The van der Waals surface area contributed by atoms with Crippen LogP contribution >= 0.6 is 15.9 Å². The molecule has 1 heterocycles. The summed E-state index contributed by atoms with van der Waals surface area (Å²) in [5.74, 6) is -0.342. The summed E-state index contributed by atoms with van der Waals surface area (Å²) in [6, 6.07) is 4.58. The van der Waals surface area contributed by atoms with Gasteiger partial charge in [0.1, 0.15) is 5.75 Å². The first-order valence-corrected chi connectivity index (χ1v) is 8.73. The van der Waals surface area contributed by atoms with E-state index < -0.39 is 6.61 Å². The van der Waals surface area contributed by atoms with Crippen LogP contribution < -0.4 is 10.1 Å². The molecule has 0 spiro atoms. The van der Waals surface area contributed by atoms with Crippen LogP contribution in [0.1, 0.15) is 18.4 Å². The third kappa shape index (κ3) is 7.50. The predicted octanol–water partition coefficient (Wildman–Crippen LogP) is 3.38. The molecule has 1 aromatic carbocycles. The van der Waals surface area contributed by atoms with Gasteiger partial charge >= 0.3 is 6.61 Å². The molecule has 1 fully saturated rings. The number of carbonyl (C=O) groups excluding carboxylic acids is 1. The normalized spacial score (nSPS) is 17.4. The zero-order chi connectivity index (χ0) is 18.1. The van der Waals surface area contributed by atoms with E-state index in [0.717, 1.165) is 19.4 Å². The SMILES string of the molecule is O=C(/C=C/c1cc(Br)ccc1OC(F)F)NCCOCC1CCCO1. The van der Waals surface area contributed by atoms with Gasteiger partial charge < -0.3 is 19.5 Å². The van der Waals surface area contributed by atoms with Crippen molar-refractivity contribution >= 4 is 27.9 Å². The van der Waals surface area contributed by atoms with E-state index in [1.165, 1.54) is 18.2 Å². The van der Waals surface area contributed by atoms with Gasteiger partial charge in [-0.2, -0.15) is 8.78 Å². The van der Waals surface area contributed by atoms with Crippen molar-refractivity contribution < 1.29 is 27.8 Å². The number of amides is 1. The fraction of sp³-hybridized carbons (Fsp3) is 0.471. The van der Waals surface area contributed by atoms with Crippen LogP contribution in [0.5, 0.6) is 5.75 Å². The molecule has 1 saturated heterocycles. The van der Waals surface area contributed by atoms with Gasteiger partial charge in [0.05, 0.1) is 19.3 Å². The highest BCUT2D eigenvalue weighted by Crippen LogP contribution is 2.25. The van der Waals surface area contributed by atoms with Gasteiger partial charge in [0, 0.05) is 29.3 Å². The lowest BCUT2D eigenvalue weighted by Crippen LogP contribution is -2.26. The third-order valence-corrected chi connectivity index (χ3v) is 3.97. The number of benzene rings is 1. The molecule has 0 saturated carbocycles. The Labute approximate surface area is 153 Å². The van der Waals surface area contributed by atoms with Crippen molar-refractivity contribution in [2.45, 2.75) is 25.6 Å². The van der Waals surface area contributed by atoms with E-state index in [1.54, 1.807) is 12.1 Å². The highest BCUT2D eigenvalue weighted by atomic mass is 79.9. The molecule has 25 heavy (non-hydrogen) atoms. The Morgan fingerprint density at radius 2 is 2.32 bits per heavy atom. The Balaban J connectivity index is 1.74. The molecule has 0 aliphatic carbocycles. The van der Waals surface area contributed by atoms with Crippen LogP contribution in [0.25, 0.3) is 6.08 Å². The fourth-order valence-electron chi connectivity index (χ4n) is 2.31. The number of ether oxygens (including phenoxy) is 3. The first-order valence-electron chi connectivity index (χ1n) is 7.94. The second-order valence-electron chi connectivity index (χ2n) is 5.39. The fourth-order valence-corrected chi connectivity index (χ4v) is 2.69. The maximum atomic E-state index is 12.4. The van der Waals surface area contributed by atoms with Gasteiger partial charge in [-0.05, 0) is 37.1 Å². The third-order valence-electron chi connectivity index (χ3n) is 3.48. The highest BCUT2D eigenvalue weighted by Gasteiger charge is 2.15. The van der Waals surface area contributed by atoms with Crippen molar-refractivity contribution in [3.63, 3.8) is 0 Å². The molecule has 2 rings (SSSR count). The van der Waals surface area contributed by atoms with E-state index >= 15 is 0 Å². The van der Waals surface area contributed by atoms with Crippen LogP contribution in [-0.2, 0) is 14.3 Å². The Bertz CT molecular complexity index is 592. The quantitative estimate of drug-likeness (QED) is 0.492. The monoisotopic (exact) mass is 419 g/mol. The van der Waals surface area contributed by atoms with Gasteiger partial charge in [0.2, 0.25) is 5.91 Å². The molecule has 1 aromatic rings. The van der Waals surface area contributed by atoms with Crippen molar-refractivity contribution in [2.24, 2.45) is 0 Å². The second-order valence-corrected chi connectivity index (χ2v) is 6.31. The lowest BCUT2D eigenvalue weighted by Gasteiger charge is -2.10. The van der Waals surface area contributed by atoms with E-state index in [4.69, 9.17) is 9.47 Å². The van der Waals surface area contributed by atoms with Gasteiger partial charge in [-0.15, -0.1) is 0 Å². The molecule has 138 valence electrons. The molecule has 0 aromatic heterocycles. The molecule has 1 N–H and O–H groups in total. The molecule has 1 amide bonds.